The lowest BCUT2D eigenvalue weighted by atomic mass is 10.2. The molecule has 0 radical (unpaired) electrons. The Morgan fingerprint density at radius 3 is 2.81 bits per heavy atom. The fourth-order valence-corrected chi connectivity index (χ4v) is 2.10. The van der Waals surface area contributed by atoms with Crippen molar-refractivity contribution in [3.8, 4) is 0 Å². The lowest BCUT2D eigenvalue weighted by Crippen LogP contribution is -2.52. The minimum absolute atomic E-state index is 0.000344. The number of likely N-dealkylation sites (N-methyl/N-ethyl adjacent to an activating group) is 1. The number of carbonyl (C=O) groups excluding carboxylic acids is 2. The van der Waals surface area contributed by atoms with Crippen molar-refractivity contribution in [3.05, 3.63) is 35.9 Å². The minimum atomic E-state index is -0.369. The number of nitrogens with zero attached hydrogens (tertiary/aromatic N) is 1. The second kappa shape index (κ2) is 7.75. The van der Waals surface area contributed by atoms with Crippen LogP contribution in [0.3, 0.4) is 0 Å². The zero-order valence-corrected chi connectivity index (χ0v) is 12.2. The highest BCUT2D eigenvalue weighted by molar-refractivity contribution is 5.87. The molecular weight excluding hydrogens is 270 g/mol. The molecule has 6 nitrogen and oxygen atoms in total. The molecule has 0 spiro atoms. The summed E-state index contributed by atoms with van der Waals surface area (Å²) in [5.74, 6) is -0.319. The van der Waals surface area contributed by atoms with Crippen LogP contribution in [0.4, 0.5) is 0 Å². The van der Waals surface area contributed by atoms with E-state index in [1.807, 2.05) is 30.3 Å². The number of hydrogen-bond donors (Lipinski definition) is 2. The summed E-state index contributed by atoms with van der Waals surface area (Å²) in [5, 5.41) is 5.70. The van der Waals surface area contributed by atoms with Gasteiger partial charge in [0, 0.05) is 20.1 Å². The lowest BCUT2D eigenvalue weighted by molar-refractivity contribution is -0.133. The molecule has 0 aromatic heterocycles. The Labute approximate surface area is 124 Å². The topological polar surface area (TPSA) is 70.7 Å². The summed E-state index contributed by atoms with van der Waals surface area (Å²) in [5.41, 5.74) is 1.06. The smallest absolute Gasteiger partial charge is 0.242 e. The molecule has 6 heteroatoms. The van der Waals surface area contributed by atoms with Gasteiger partial charge in [0.15, 0.2) is 0 Å². The van der Waals surface area contributed by atoms with Crippen molar-refractivity contribution in [2.75, 3.05) is 33.4 Å². The quantitative estimate of drug-likeness (QED) is 0.785. The largest absolute Gasteiger partial charge is 0.378 e. The van der Waals surface area contributed by atoms with Crippen molar-refractivity contribution >= 4 is 11.8 Å². The van der Waals surface area contributed by atoms with Crippen LogP contribution in [0.25, 0.3) is 0 Å². The zero-order chi connectivity index (χ0) is 15.1. The third kappa shape index (κ3) is 4.84. The first-order valence-corrected chi connectivity index (χ1v) is 7.03. The molecule has 1 aromatic rings. The SMILES string of the molecule is CN(Cc1ccccc1)C(=O)CNC(=O)C1COCCN1. The Morgan fingerprint density at radius 1 is 1.38 bits per heavy atom. The van der Waals surface area contributed by atoms with Gasteiger partial charge in [0.1, 0.15) is 6.04 Å². The van der Waals surface area contributed by atoms with Crippen LogP contribution in [-0.4, -0.2) is 56.1 Å². The molecule has 1 heterocycles. The number of carbonyl (C=O) groups is 2. The second-order valence-electron chi connectivity index (χ2n) is 5.03. The molecule has 1 aliphatic heterocycles. The molecule has 0 saturated carbocycles. The molecule has 1 aromatic carbocycles. The van der Waals surface area contributed by atoms with E-state index in [9.17, 15) is 9.59 Å². The zero-order valence-electron chi connectivity index (χ0n) is 12.2. The summed E-state index contributed by atoms with van der Waals surface area (Å²) in [6.45, 7) is 2.14. The predicted molar refractivity (Wildman–Crippen MR) is 78.5 cm³/mol. The van der Waals surface area contributed by atoms with Crippen LogP contribution in [0.15, 0.2) is 30.3 Å². The van der Waals surface area contributed by atoms with Gasteiger partial charge in [-0.3, -0.25) is 9.59 Å². The molecule has 1 atom stereocenters. The van der Waals surface area contributed by atoms with Crippen molar-refractivity contribution in [2.24, 2.45) is 0 Å². The molecule has 21 heavy (non-hydrogen) atoms. The molecule has 1 saturated heterocycles. The Morgan fingerprint density at radius 2 is 2.14 bits per heavy atom. The summed E-state index contributed by atoms with van der Waals surface area (Å²) >= 11 is 0. The van der Waals surface area contributed by atoms with Crippen LogP contribution < -0.4 is 10.6 Å². The molecule has 1 aliphatic rings. The van der Waals surface area contributed by atoms with Crippen LogP contribution in [0.5, 0.6) is 0 Å². The second-order valence-corrected chi connectivity index (χ2v) is 5.03. The maximum Gasteiger partial charge on any atom is 0.242 e. The van der Waals surface area contributed by atoms with E-state index in [2.05, 4.69) is 10.6 Å². The van der Waals surface area contributed by atoms with Gasteiger partial charge in [-0.25, -0.2) is 0 Å². The van der Waals surface area contributed by atoms with E-state index in [-0.39, 0.29) is 24.4 Å². The normalized spacial score (nSPS) is 18.0. The summed E-state index contributed by atoms with van der Waals surface area (Å²) in [4.78, 5) is 25.5. The van der Waals surface area contributed by atoms with Crippen LogP contribution in [-0.2, 0) is 20.9 Å². The molecule has 0 bridgehead atoms. The van der Waals surface area contributed by atoms with E-state index in [4.69, 9.17) is 4.74 Å². The number of ether oxygens (including phenoxy) is 1. The van der Waals surface area contributed by atoms with Crippen molar-refractivity contribution in [1.29, 1.82) is 0 Å². The molecule has 0 aliphatic carbocycles. The average Bonchev–Trinajstić information content (AvgIpc) is 2.54. The van der Waals surface area contributed by atoms with Gasteiger partial charge in [-0.1, -0.05) is 30.3 Å². The Hall–Kier alpha value is -1.92. The third-order valence-corrected chi connectivity index (χ3v) is 3.34. The molecule has 114 valence electrons. The Balaban J connectivity index is 1.74. The van der Waals surface area contributed by atoms with Gasteiger partial charge >= 0.3 is 0 Å². The van der Waals surface area contributed by atoms with Gasteiger partial charge in [-0.15, -0.1) is 0 Å². The highest BCUT2D eigenvalue weighted by Crippen LogP contribution is 2.02. The molecule has 2 amide bonds. The fraction of sp³-hybridized carbons (Fsp3) is 0.467. The van der Waals surface area contributed by atoms with E-state index in [1.54, 1.807) is 11.9 Å². The summed E-state index contributed by atoms with van der Waals surface area (Å²) in [6, 6.07) is 9.36. The summed E-state index contributed by atoms with van der Waals surface area (Å²) in [7, 11) is 1.73. The van der Waals surface area contributed by atoms with Gasteiger partial charge in [-0.2, -0.15) is 0 Å². The van der Waals surface area contributed by atoms with Crippen molar-refractivity contribution in [3.63, 3.8) is 0 Å². The maximum absolute atomic E-state index is 12.0. The number of benzene rings is 1. The van der Waals surface area contributed by atoms with Crippen molar-refractivity contribution in [1.82, 2.24) is 15.5 Å². The van der Waals surface area contributed by atoms with E-state index >= 15 is 0 Å². The highest BCUT2D eigenvalue weighted by atomic mass is 16.5. The van der Waals surface area contributed by atoms with E-state index < -0.39 is 0 Å². The number of amides is 2. The maximum atomic E-state index is 12.0. The van der Waals surface area contributed by atoms with Gasteiger partial charge in [0.25, 0.3) is 0 Å². The number of morpholine rings is 1. The van der Waals surface area contributed by atoms with E-state index in [0.717, 1.165) is 5.56 Å². The van der Waals surface area contributed by atoms with Crippen molar-refractivity contribution in [2.45, 2.75) is 12.6 Å². The fourth-order valence-electron chi connectivity index (χ4n) is 2.10. The lowest BCUT2D eigenvalue weighted by Gasteiger charge is -2.23. The van der Waals surface area contributed by atoms with Gasteiger partial charge < -0.3 is 20.3 Å². The summed E-state index contributed by atoms with van der Waals surface area (Å²) in [6.07, 6.45) is 0. The number of rotatable bonds is 5. The summed E-state index contributed by atoms with van der Waals surface area (Å²) < 4.78 is 5.22. The Kier molecular flexibility index (Phi) is 5.71. The van der Waals surface area contributed by atoms with Crippen molar-refractivity contribution < 1.29 is 14.3 Å². The number of nitrogens with one attached hydrogen (secondary N) is 2. The van der Waals surface area contributed by atoms with E-state index in [1.165, 1.54) is 0 Å². The van der Waals surface area contributed by atoms with E-state index in [0.29, 0.717) is 26.3 Å². The molecule has 2 N–H and O–H groups in total. The Bertz CT molecular complexity index is 472. The predicted octanol–water partition coefficient (Wildman–Crippen LogP) is -0.250. The standard InChI is InChI=1S/C15H21N3O3/c1-18(10-12-5-3-2-4-6-12)14(19)9-17-15(20)13-11-21-8-7-16-13/h2-6,13,16H,7-11H2,1H3,(H,17,20). The van der Waals surface area contributed by atoms with Crippen LogP contribution in [0.2, 0.25) is 0 Å². The minimum Gasteiger partial charge on any atom is -0.378 e. The van der Waals surface area contributed by atoms with Crippen LogP contribution in [0.1, 0.15) is 5.56 Å². The average molecular weight is 291 g/mol. The van der Waals surface area contributed by atoms with Gasteiger partial charge in [0.2, 0.25) is 11.8 Å². The monoisotopic (exact) mass is 291 g/mol. The molecule has 2 rings (SSSR count). The first-order chi connectivity index (χ1) is 10.2. The van der Waals surface area contributed by atoms with Crippen LogP contribution >= 0.6 is 0 Å². The van der Waals surface area contributed by atoms with Gasteiger partial charge in [-0.05, 0) is 5.56 Å². The van der Waals surface area contributed by atoms with Crippen LogP contribution in [0, 0.1) is 0 Å². The molecular formula is C15H21N3O3. The highest BCUT2D eigenvalue weighted by Gasteiger charge is 2.21. The number of hydrogen-bond acceptors (Lipinski definition) is 4. The van der Waals surface area contributed by atoms with Gasteiger partial charge in [0.05, 0.1) is 19.8 Å². The first-order valence-electron chi connectivity index (χ1n) is 7.03. The molecule has 1 fully saturated rings. The third-order valence-electron chi connectivity index (χ3n) is 3.34. The molecule has 1 unspecified atom stereocenters. The first kappa shape index (κ1) is 15.5.